The first-order valence-corrected chi connectivity index (χ1v) is 7.28. The van der Waals surface area contributed by atoms with Gasteiger partial charge in [0.2, 0.25) is 0 Å². The first-order valence-electron chi connectivity index (χ1n) is 7.28. The number of hydrogen-bond donors (Lipinski definition) is 1. The Morgan fingerprint density at radius 3 is 2.22 bits per heavy atom. The van der Waals surface area contributed by atoms with E-state index in [1.54, 1.807) is 0 Å². The molecule has 2 saturated heterocycles. The Morgan fingerprint density at radius 2 is 1.67 bits per heavy atom. The molecule has 0 aromatic carbocycles. The molecule has 0 unspecified atom stereocenters. The average molecular weight is 256 g/mol. The lowest BCUT2D eigenvalue weighted by Gasteiger charge is -2.37. The van der Waals surface area contributed by atoms with E-state index >= 15 is 0 Å². The minimum Gasteiger partial charge on any atom is -0.389 e. The van der Waals surface area contributed by atoms with Gasteiger partial charge in [0.25, 0.3) is 0 Å². The molecular weight excluding hydrogens is 228 g/mol. The summed E-state index contributed by atoms with van der Waals surface area (Å²) < 4.78 is 5.38. The largest absolute Gasteiger partial charge is 0.389 e. The number of ether oxygens (including phenoxy) is 1. The molecule has 106 valence electrons. The maximum absolute atomic E-state index is 9.83. The zero-order chi connectivity index (χ0) is 13.0. The van der Waals surface area contributed by atoms with Gasteiger partial charge < -0.3 is 14.7 Å². The van der Waals surface area contributed by atoms with Gasteiger partial charge in [0, 0.05) is 26.2 Å². The summed E-state index contributed by atoms with van der Waals surface area (Å²) in [4.78, 5) is 4.94. The number of nitrogens with zero attached hydrogens (tertiary/aromatic N) is 2. The molecule has 0 bridgehead atoms. The van der Waals surface area contributed by atoms with E-state index in [1.807, 2.05) is 13.8 Å². The van der Waals surface area contributed by atoms with Crippen LogP contribution in [0.4, 0.5) is 0 Å². The number of β-amino-alcohol motifs (C(OH)–C–C–N with tert-alkyl or cyclic N) is 1. The van der Waals surface area contributed by atoms with E-state index in [-0.39, 0.29) is 0 Å². The van der Waals surface area contributed by atoms with Gasteiger partial charge in [-0.25, -0.2) is 0 Å². The normalized spacial score (nSPS) is 25.5. The Balaban J connectivity index is 1.66. The Kier molecular flexibility index (Phi) is 5.01. The van der Waals surface area contributed by atoms with Crippen LogP contribution < -0.4 is 0 Å². The first kappa shape index (κ1) is 14.3. The predicted molar refractivity (Wildman–Crippen MR) is 72.7 cm³/mol. The Bertz CT molecular complexity index is 239. The fourth-order valence-corrected chi connectivity index (χ4v) is 3.02. The van der Waals surface area contributed by atoms with Crippen LogP contribution in [0.1, 0.15) is 26.7 Å². The molecule has 0 amide bonds. The van der Waals surface area contributed by atoms with Gasteiger partial charge in [-0.1, -0.05) is 0 Å². The van der Waals surface area contributed by atoms with E-state index in [2.05, 4.69) is 9.80 Å². The fourth-order valence-electron chi connectivity index (χ4n) is 3.02. The third-order valence-corrected chi connectivity index (χ3v) is 3.94. The van der Waals surface area contributed by atoms with Crippen molar-refractivity contribution in [3.63, 3.8) is 0 Å². The highest BCUT2D eigenvalue weighted by Crippen LogP contribution is 2.20. The molecular formula is C14H28N2O2. The Morgan fingerprint density at radius 1 is 1.06 bits per heavy atom. The van der Waals surface area contributed by atoms with Crippen LogP contribution in [0, 0.1) is 5.92 Å². The molecule has 0 radical (unpaired) electrons. The summed E-state index contributed by atoms with van der Waals surface area (Å²) in [6, 6.07) is 0. The molecule has 0 atom stereocenters. The lowest BCUT2D eigenvalue weighted by atomic mass is 9.95. The lowest BCUT2D eigenvalue weighted by molar-refractivity contribution is 0.00903. The third kappa shape index (κ3) is 4.84. The van der Waals surface area contributed by atoms with E-state index in [9.17, 15) is 5.11 Å². The molecule has 2 fully saturated rings. The number of aliphatic hydroxyl groups is 1. The molecule has 1 N–H and O–H groups in total. The summed E-state index contributed by atoms with van der Waals surface area (Å²) in [7, 11) is 0. The SMILES string of the molecule is CC(C)(O)CN1CCC(CN2CCOCC2)CC1. The Hall–Kier alpha value is -0.160. The van der Waals surface area contributed by atoms with Gasteiger partial charge in [0.1, 0.15) is 0 Å². The molecule has 0 aliphatic carbocycles. The van der Waals surface area contributed by atoms with Gasteiger partial charge >= 0.3 is 0 Å². The van der Waals surface area contributed by atoms with Gasteiger partial charge in [0.05, 0.1) is 18.8 Å². The second-order valence-corrected chi connectivity index (χ2v) is 6.44. The minimum absolute atomic E-state index is 0.558. The van der Waals surface area contributed by atoms with Crippen LogP contribution in [0.15, 0.2) is 0 Å². The van der Waals surface area contributed by atoms with Crippen LogP contribution in [-0.4, -0.2) is 73.0 Å². The molecule has 0 aromatic heterocycles. The fraction of sp³-hybridized carbons (Fsp3) is 1.00. The average Bonchev–Trinajstić information content (AvgIpc) is 2.31. The number of rotatable bonds is 4. The van der Waals surface area contributed by atoms with Crippen molar-refractivity contribution in [1.82, 2.24) is 9.80 Å². The predicted octanol–water partition coefficient (Wildman–Crippen LogP) is 0.802. The van der Waals surface area contributed by atoms with Crippen LogP contribution in [0.25, 0.3) is 0 Å². The van der Waals surface area contributed by atoms with Gasteiger partial charge in [-0.2, -0.15) is 0 Å². The van der Waals surface area contributed by atoms with Gasteiger partial charge in [-0.3, -0.25) is 4.90 Å². The topological polar surface area (TPSA) is 35.9 Å². The van der Waals surface area contributed by atoms with Crippen LogP contribution in [0.5, 0.6) is 0 Å². The number of hydrogen-bond acceptors (Lipinski definition) is 4. The van der Waals surface area contributed by atoms with Crippen molar-refractivity contribution < 1.29 is 9.84 Å². The van der Waals surface area contributed by atoms with Crippen molar-refractivity contribution >= 4 is 0 Å². The molecule has 2 aliphatic heterocycles. The molecule has 2 heterocycles. The van der Waals surface area contributed by atoms with E-state index < -0.39 is 5.60 Å². The molecule has 0 saturated carbocycles. The summed E-state index contributed by atoms with van der Waals surface area (Å²) in [5.74, 6) is 0.834. The molecule has 2 aliphatic rings. The monoisotopic (exact) mass is 256 g/mol. The minimum atomic E-state index is -0.558. The molecule has 4 nitrogen and oxygen atoms in total. The summed E-state index contributed by atoms with van der Waals surface area (Å²) in [6.07, 6.45) is 2.54. The summed E-state index contributed by atoms with van der Waals surface area (Å²) in [5.41, 5.74) is -0.558. The lowest BCUT2D eigenvalue weighted by Crippen LogP contribution is -2.46. The zero-order valence-electron chi connectivity index (χ0n) is 11.9. The van der Waals surface area contributed by atoms with E-state index in [4.69, 9.17) is 4.74 Å². The number of piperidine rings is 1. The standard InChI is InChI=1S/C14H28N2O2/c1-14(2,17)12-16-5-3-13(4-6-16)11-15-7-9-18-10-8-15/h13,17H,3-12H2,1-2H3. The molecule has 0 aromatic rings. The van der Waals surface area contributed by atoms with E-state index in [0.717, 1.165) is 51.9 Å². The highest BCUT2D eigenvalue weighted by atomic mass is 16.5. The summed E-state index contributed by atoms with van der Waals surface area (Å²) in [6.45, 7) is 12.1. The highest BCUT2D eigenvalue weighted by Gasteiger charge is 2.25. The highest BCUT2D eigenvalue weighted by molar-refractivity contribution is 4.79. The summed E-state index contributed by atoms with van der Waals surface area (Å²) in [5, 5.41) is 9.83. The smallest absolute Gasteiger partial charge is 0.0718 e. The number of likely N-dealkylation sites (tertiary alicyclic amines) is 1. The van der Waals surface area contributed by atoms with Crippen molar-refractivity contribution in [2.24, 2.45) is 5.92 Å². The van der Waals surface area contributed by atoms with Crippen molar-refractivity contribution in [2.45, 2.75) is 32.3 Å². The van der Waals surface area contributed by atoms with Crippen molar-refractivity contribution in [2.75, 3.05) is 52.5 Å². The molecule has 2 rings (SSSR count). The van der Waals surface area contributed by atoms with Crippen molar-refractivity contribution in [3.05, 3.63) is 0 Å². The van der Waals surface area contributed by atoms with Crippen molar-refractivity contribution in [1.29, 1.82) is 0 Å². The van der Waals surface area contributed by atoms with Gasteiger partial charge in [0.15, 0.2) is 0 Å². The molecule has 18 heavy (non-hydrogen) atoms. The van der Waals surface area contributed by atoms with Crippen LogP contribution in [-0.2, 0) is 4.74 Å². The molecule has 0 spiro atoms. The van der Waals surface area contributed by atoms with Gasteiger partial charge in [-0.15, -0.1) is 0 Å². The Labute approximate surface area is 111 Å². The van der Waals surface area contributed by atoms with Crippen LogP contribution >= 0.6 is 0 Å². The second kappa shape index (κ2) is 6.33. The van der Waals surface area contributed by atoms with Crippen LogP contribution in [0.2, 0.25) is 0 Å². The van der Waals surface area contributed by atoms with Crippen LogP contribution in [0.3, 0.4) is 0 Å². The van der Waals surface area contributed by atoms with Crippen molar-refractivity contribution in [3.8, 4) is 0 Å². The van der Waals surface area contributed by atoms with Gasteiger partial charge in [-0.05, 0) is 45.7 Å². The maximum atomic E-state index is 9.83. The quantitative estimate of drug-likeness (QED) is 0.807. The summed E-state index contributed by atoms with van der Waals surface area (Å²) >= 11 is 0. The van der Waals surface area contributed by atoms with E-state index in [0.29, 0.717) is 0 Å². The molecule has 4 heteroatoms. The third-order valence-electron chi connectivity index (χ3n) is 3.94. The zero-order valence-corrected chi connectivity index (χ0v) is 11.9. The number of morpholine rings is 1. The first-order chi connectivity index (χ1) is 8.53. The second-order valence-electron chi connectivity index (χ2n) is 6.44. The van der Waals surface area contributed by atoms with E-state index in [1.165, 1.54) is 19.4 Å². The maximum Gasteiger partial charge on any atom is 0.0718 e.